The predicted octanol–water partition coefficient (Wildman–Crippen LogP) is 2.14. The van der Waals surface area contributed by atoms with Crippen molar-refractivity contribution in [3.8, 4) is 11.8 Å². The predicted molar refractivity (Wildman–Crippen MR) is 126 cm³/mol. The summed E-state index contributed by atoms with van der Waals surface area (Å²) in [4.78, 5) is 24.8. The first kappa shape index (κ1) is 20.2. The number of rotatable bonds is 4. The van der Waals surface area contributed by atoms with E-state index in [2.05, 4.69) is 26.8 Å². The van der Waals surface area contributed by atoms with Crippen molar-refractivity contribution in [2.24, 2.45) is 5.73 Å². The van der Waals surface area contributed by atoms with Crippen molar-refractivity contribution in [3.05, 3.63) is 58.8 Å². The Morgan fingerprint density at radius 3 is 2.94 bits per heavy atom. The van der Waals surface area contributed by atoms with Gasteiger partial charge in [0.1, 0.15) is 11.0 Å². The molecule has 1 fully saturated rings. The SMILES string of the molecule is CC#CCn1c(N2CCCC(N)C2)nc2cnn(Cc3cncc4ccccc34)c(=O)c21. The van der Waals surface area contributed by atoms with Crippen LogP contribution in [0, 0.1) is 11.8 Å². The van der Waals surface area contributed by atoms with Crippen LogP contribution in [0.2, 0.25) is 0 Å². The van der Waals surface area contributed by atoms with Crippen LogP contribution in [0.25, 0.3) is 21.8 Å². The number of pyridine rings is 1. The third kappa shape index (κ3) is 3.61. The average molecular weight is 428 g/mol. The summed E-state index contributed by atoms with van der Waals surface area (Å²) in [6.45, 7) is 4.09. The van der Waals surface area contributed by atoms with Crippen molar-refractivity contribution < 1.29 is 0 Å². The largest absolute Gasteiger partial charge is 0.341 e. The van der Waals surface area contributed by atoms with E-state index >= 15 is 0 Å². The first-order valence-electron chi connectivity index (χ1n) is 10.8. The Morgan fingerprint density at radius 2 is 2.09 bits per heavy atom. The highest BCUT2D eigenvalue weighted by Gasteiger charge is 2.24. The lowest BCUT2D eigenvalue weighted by Gasteiger charge is -2.31. The van der Waals surface area contributed by atoms with Crippen LogP contribution in [0.1, 0.15) is 25.3 Å². The highest BCUT2D eigenvalue weighted by Crippen LogP contribution is 2.23. The minimum atomic E-state index is -0.187. The molecule has 1 saturated heterocycles. The summed E-state index contributed by atoms with van der Waals surface area (Å²) in [6, 6.07) is 8.11. The highest BCUT2D eigenvalue weighted by molar-refractivity contribution is 5.84. The summed E-state index contributed by atoms with van der Waals surface area (Å²) in [6.07, 6.45) is 7.28. The number of hydrogen-bond donors (Lipinski definition) is 1. The molecule has 1 atom stereocenters. The zero-order chi connectivity index (χ0) is 22.1. The van der Waals surface area contributed by atoms with Crippen LogP contribution in [-0.2, 0) is 13.1 Å². The van der Waals surface area contributed by atoms with Crippen molar-refractivity contribution in [2.45, 2.75) is 38.9 Å². The normalized spacial score (nSPS) is 16.3. The molecule has 0 radical (unpaired) electrons. The van der Waals surface area contributed by atoms with Crippen molar-refractivity contribution in [1.82, 2.24) is 24.3 Å². The maximum absolute atomic E-state index is 13.5. The van der Waals surface area contributed by atoms with Crippen LogP contribution in [-0.4, -0.2) is 43.4 Å². The third-order valence-electron chi connectivity index (χ3n) is 5.96. The van der Waals surface area contributed by atoms with Crippen LogP contribution < -0.4 is 16.2 Å². The van der Waals surface area contributed by atoms with Gasteiger partial charge < -0.3 is 10.6 Å². The molecule has 3 aromatic heterocycles. The summed E-state index contributed by atoms with van der Waals surface area (Å²) >= 11 is 0. The molecular weight excluding hydrogens is 402 g/mol. The fourth-order valence-corrected chi connectivity index (χ4v) is 4.39. The van der Waals surface area contributed by atoms with Gasteiger partial charge in [0.05, 0.1) is 19.3 Å². The Hall–Kier alpha value is -3.70. The minimum Gasteiger partial charge on any atom is -0.341 e. The minimum absolute atomic E-state index is 0.0999. The monoisotopic (exact) mass is 427 g/mol. The molecule has 2 N–H and O–H groups in total. The van der Waals surface area contributed by atoms with E-state index in [-0.39, 0.29) is 11.6 Å². The summed E-state index contributed by atoms with van der Waals surface area (Å²) in [5, 5.41) is 6.52. The standard InChI is InChI=1S/C24H25N7O/c1-2-3-11-30-22-21(28-24(30)29-10-6-8-19(25)16-29)14-27-31(23(22)32)15-18-13-26-12-17-7-4-5-9-20(17)18/h4-5,7,9,12-14,19H,6,8,10-11,15-16,25H2,1H3. The van der Waals surface area contributed by atoms with Crippen molar-refractivity contribution in [1.29, 1.82) is 0 Å². The van der Waals surface area contributed by atoms with Crippen molar-refractivity contribution in [2.75, 3.05) is 18.0 Å². The number of imidazole rings is 1. The van der Waals surface area contributed by atoms with Gasteiger partial charge in [0.25, 0.3) is 5.56 Å². The Kier molecular flexibility index (Phi) is 5.33. The fraction of sp³-hybridized carbons (Fsp3) is 0.333. The molecule has 162 valence electrons. The molecule has 8 nitrogen and oxygen atoms in total. The van der Waals surface area contributed by atoms with Gasteiger partial charge in [-0.3, -0.25) is 14.3 Å². The first-order valence-corrected chi connectivity index (χ1v) is 10.8. The number of hydrogen-bond acceptors (Lipinski definition) is 6. The second-order valence-electron chi connectivity index (χ2n) is 8.13. The van der Waals surface area contributed by atoms with Crippen LogP contribution >= 0.6 is 0 Å². The Balaban J connectivity index is 1.62. The molecule has 8 heteroatoms. The third-order valence-corrected chi connectivity index (χ3v) is 5.96. The Labute approximate surface area is 185 Å². The van der Waals surface area contributed by atoms with E-state index in [0.717, 1.165) is 41.7 Å². The van der Waals surface area contributed by atoms with Crippen LogP contribution in [0.5, 0.6) is 0 Å². The van der Waals surface area contributed by atoms with Crippen LogP contribution in [0.15, 0.2) is 47.7 Å². The maximum atomic E-state index is 13.5. The van der Waals surface area contributed by atoms with Gasteiger partial charge >= 0.3 is 0 Å². The average Bonchev–Trinajstić information content (AvgIpc) is 3.19. The summed E-state index contributed by atoms with van der Waals surface area (Å²) in [5.74, 6) is 6.76. The number of benzene rings is 1. The molecule has 1 unspecified atom stereocenters. The number of piperidine rings is 1. The second kappa shape index (κ2) is 8.44. The molecule has 1 aliphatic rings. The molecule has 0 spiro atoms. The maximum Gasteiger partial charge on any atom is 0.293 e. The van der Waals surface area contributed by atoms with Gasteiger partial charge in [-0.05, 0) is 30.7 Å². The zero-order valence-corrected chi connectivity index (χ0v) is 18.0. The highest BCUT2D eigenvalue weighted by atomic mass is 16.1. The van der Waals surface area contributed by atoms with Gasteiger partial charge in [-0.1, -0.05) is 30.2 Å². The van der Waals surface area contributed by atoms with E-state index in [0.29, 0.717) is 30.7 Å². The van der Waals surface area contributed by atoms with E-state index in [9.17, 15) is 4.79 Å². The van der Waals surface area contributed by atoms with E-state index in [1.165, 1.54) is 4.68 Å². The lowest BCUT2D eigenvalue weighted by Crippen LogP contribution is -2.44. The van der Waals surface area contributed by atoms with Crippen molar-refractivity contribution in [3.63, 3.8) is 0 Å². The number of anilines is 1. The summed E-state index contributed by atoms with van der Waals surface area (Å²) < 4.78 is 3.39. The lowest BCUT2D eigenvalue weighted by atomic mass is 10.1. The quantitative estimate of drug-likeness (QED) is 0.502. The van der Waals surface area contributed by atoms with E-state index in [4.69, 9.17) is 10.7 Å². The molecule has 4 heterocycles. The molecule has 32 heavy (non-hydrogen) atoms. The smallest absolute Gasteiger partial charge is 0.293 e. The summed E-state index contributed by atoms with van der Waals surface area (Å²) in [7, 11) is 0. The molecule has 0 amide bonds. The van der Waals surface area contributed by atoms with Gasteiger partial charge in [-0.25, -0.2) is 9.67 Å². The molecule has 1 aliphatic heterocycles. The van der Waals surface area contributed by atoms with Gasteiger partial charge in [0, 0.05) is 36.9 Å². The van der Waals surface area contributed by atoms with E-state index in [1.807, 2.05) is 35.0 Å². The summed E-state index contributed by atoms with van der Waals surface area (Å²) in [5.41, 5.74) is 8.05. The molecule has 0 saturated carbocycles. The molecule has 0 bridgehead atoms. The van der Waals surface area contributed by atoms with Crippen LogP contribution in [0.3, 0.4) is 0 Å². The number of nitrogens with two attached hydrogens (primary N) is 1. The van der Waals surface area contributed by atoms with Crippen molar-refractivity contribution >= 4 is 27.8 Å². The van der Waals surface area contributed by atoms with Gasteiger partial charge in [0.2, 0.25) is 5.95 Å². The van der Waals surface area contributed by atoms with Gasteiger partial charge in [-0.15, -0.1) is 5.92 Å². The number of nitrogens with zero attached hydrogens (tertiary/aromatic N) is 6. The Morgan fingerprint density at radius 1 is 1.22 bits per heavy atom. The number of fused-ring (bicyclic) bond motifs is 2. The lowest BCUT2D eigenvalue weighted by molar-refractivity contribution is 0.496. The molecule has 0 aliphatic carbocycles. The molecular formula is C24H25N7O. The Bertz CT molecular complexity index is 1400. The van der Waals surface area contributed by atoms with Gasteiger partial charge in [-0.2, -0.15) is 5.10 Å². The second-order valence-corrected chi connectivity index (χ2v) is 8.13. The first-order chi connectivity index (χ1) is 15.7. The van der Waals surface area contributed by atoms with Gasteiger partial charge in [0.15, 0.2) is 0 Å². The van der Waals surface area contributed by atoms with E-state index < -0.39 is 0 Å². The van der Waals surface area contributed by atoms with Crippen LogP contribution in [0.4, 0.5) is 5.95 Å². The zero-order valence-electron chi connectivity index (χ0n) is 18.0. The van der Waals surface area contributed by atoms with E-state index in [1.54, 1.807) is 19.3 Å². The molecule has 5 rings (SSSR count). The topological polar surface area (TPSA) is 94.9 Å². The molecule has 4 aromatic rings. The number of aromatic nitrogens is 5. The fourth-order valence-electron chi connectivity index (χ4n) is 4.39. The molecule has 1 aromatic carbocycles.